The molecule has 1 atom stereocenters. The fourth-order valence-electron chi connectivity index (χ4n) is 1.20. The molecule has 1 N–H and O–H groups in total. The Labute approximate surface area is 92.4 Å². The van der Waals surface area contributed by atoms with Crippen LogP contribution in [0, 0.1) is 0 Å². The first-order valence-corrected chi connectivity index (χ1v) is 5.09. The lowest BCUT2D eigenvalue weighted by Gasteiger charge is -2.23. The second-order valence-electron chi connectivity index (χ2n) is 3.93. The molecule has 0 fully saturated rings. The van der Waals surface area contributed by atoms with Crippen LogP contribution in [0.2, 0.25) is 0 Å². The molecule has 1 unspecified atom stereocenters. The predicted octanol–water partition coefficient (Wildman–Crippen LogP) is -0.759. The Hall–Kier alpha value is -0.650. The molecule has 15 heavy (non-hydrogen) atoms. The molecular weight excluding hydrogens is 194 g/mol. The van der Waals surface area contributed by atoms with Gasteiger partial charge >= 0.3 is 5.97 Å². The zero-order chi connectivity index (χ0) is 11.8. The minimum Gasteiger partial charge on any atom is -0.468 e. The highest BCUT2D eigenvalue weighted by Crippen LogP contribution is 1.92. The van der Waals surface area contributed by atoms with Crippen LogP contribution in [0.15, 0.2) is 0 Å². The molecule has 0 bridgehead atoms. The van der Waals surface area contributed by atoms with Crippen LogP contribution in [0.4, 0.5) is 0 Å². The number of nitrogens with zero attached hydrogens (tertiary/aromatic N) is 2. The number of ether oxygens (including phenoxy) is 1. The summed E-state index contributed by atoms with van der Waals surface area (Å²) >= 11 is 0. The highest BCUT2D eigenvalue weighted by Gasteiger charge is 2.18. The lowest BCUT2D eigenvalue weighted by molar-refractivity contribution is -0.143. The fraction of sp³-hybridized carbons (Fsp3) is 0.900. The van der Waals surface area contributed by atoms with E-state index >= 15 is 0 Å². The molecule has 0 aromatic carbocycles. The average molecular weight is 217 g/mol. The van der Waals surface area contributed by atoms with Crippen molar-refractivity contribution >= 4 is 5.97 Å². The van der Waals surface area contributed by atoms with Gasteiger partial charge in [-0.2, -0.15) is 0 Å². The van der Waals surface area contributed by atoms with Gasteiger partial charge in [-0.05, 0) is 28.2 Å². The summed E-state index contributed by atoms with van der Waals surface area (Å²) in [7, 11) is 9.23. The lowest BCUT2D eigenvalue weighted by Crippen LogP contribution is -2.45. The zero-order valence-electron chi connectivity index (χ0n) is 10.4. The predicted molar refractivity (Wildman–Crippen MR) is 60.9 cm³/mol. The van der Waals surface area contributed by atoms with Gasteiger partial charge in [0, 0.05) is 19.6 Å². The van der Waals surface area contributed by atoms with Gasteiger partial charge in [-0.25, -0.2) is 0 Å². The quantitative estimate of drug-likeness (QED) is 0.568. The van der Waals surface area contributed by atoms with Crippen LogP contribution < -0.4 is 5.32 Å². The van der Waals surface area contributed by atoms with Gasteiger partial charge in [0.25, 0.3) is 0 Å². The van der Waals surface area contributed by atoms with Crippen LogP contribution in [0.5, 0.6) is 0 Å². The van der Waals surface area contributed by atoms with Crippen LogP contribution in [-0.2, 0) is 9.53 Å². The van der Waals surface area contributed by atoms with Gasteiger partial charge < -0.3 is 19.9 Å². The summed E-state index contributed by atoms with van der Waals surface area (Å²) in [5.74, 6) is -0.214. The van der Waals surface area contributed by atoms with Crippen molar-refractivity contribution in [1.82, 2.24) is 15.1 Å². The van der Waals surface area contributed by atoms with Crippen molar-refractivity contribution in [3.8, 4) is 0 Å². The number of carbonyl (C=O) groups is 1. The van der Waals surface area contributed by atoms with Crippen molar-refractivity contribution in [2.75, 3.05) is 54.9 Å². The maximum Gasteiger partial charge on any atom is 0.324 e. The summed E-state index contributed by atoms with van der Waals surface area (Å²) in [5, 5.41) is 2.94. The SMILES string of the molecule is CNC(CN(C)CCN(C)C)C(=O)OC. The van der Waals surface area contributed by atoms with Crippen LogP contribution in [0.25, 0.3) is 0 Å². The van der Waals surface area contributed by atoms with Gasteiger partial charge in [-0.3, -0.25) is 4.79 Å². The molecule has 0 spiro atoms. The molecule has 0 aromatic heterocycles. The third-order valence-electron chi connectivity index (χ3n) is 2.26. The first-order valence-electron chi connectivity index (χ1n) is 5.09. The summed E-state index contributed by atoms with van der Waals surface area (Å²) in [6, 6.07) is -0.248. The van der Waals surface area contributed by atoms with Crippen molar-refractivity contribution in [3.05, 3.63) is 0 Å². The number of methoxy groups -OCH3 is 1. The van der Waals surface area contributed by atoms with E-state index in [9.17, 15) is 4.79 Å². The third kappa shape index (κ3) is 6.43. The van der Waals surface area contributed by atoms with E-state index in [1.807, 2.05) is 21.1 Å². The van der Waals surface area contributed by atoms with Gasteiger partial charge in [0.15, 0.2) is 0 Å². The fourth-order valence-corrected chi connectivity index (χ4v) is 1.20. The molecule has 0 aliphatic heterocycles. The normalized spacial score (nSPS) is 13.3. The highest BCUT2D eigenvalue weighted by atomic mass is 16.5. The van der Waals surface area contributed by atoms with E-state index in [-0.39, 0.29) is 12.0 Å². The Bertz CT molecular complexity index is 186. The number of hydrogen-bond acceptors (Lipinski definition) is 5. The third-order valence-corrected chi connectivity index (χ3v) is 2.26. The standard InChI is InChI=1S/C10H23N3O2/c1-11-9(10(14)15-5)8-13(4)7-6-12(2)3/h9,11H,6-8H2,1-5H3. The van der Waals surface area contributed by atoms with Crippen molar-refractivity contribution in [3.63, 3.8) is 0 Å². The molecule has 0 aromatic rings. The van der Waals surface area contributed by atoms with Crippen molar-refractivity contribution in [1.29, 1.82) is 0 Å². The highest BCUT2D eigenvalue weighted by molar-refractivity contribution is 5.75. The Kier molecular flexibility index (Phi) is 7.29. The molecule has 5 heteroatoms. The van der Waals surface area contributed by atoms with E-state index in [0.717, 1.165) is 13.1 Å². The van der Waals surface area contributed by atoms with Gasteiger partial charge in [0.05, 0.1) is 7.11 Å². The molecule has 5 nitrogen and oxygen atoms in total. The Morgan fingerprint density at radius 3 is 2.33 bits per heavy atom. The van der Waals surface area contributed by atoms with Gasteiger partial charge in [0.2, 0.25) is 0 Å². The van der Waals surface area contributed by atoms with E-state index in [1.54, 1.807) is 7.05 Å². The number of carbonyl (C=O) groups excluding carboxylic acids is 1. The summed E-state index contributed by atoms with van der Waals surface area (Å²) in [6.07, 6.45) is 0. The van der Waals surface area contributed by atoms with E-state index in [0.29, 0.717) is 6.54 Å². The van der Waals surface area contributed by atoms with Gasteiger partial charge in [-0.15, -0.1) is 0 Å². The largest absolute Gasteiger partial charge is 0.468 e. The van der Waals surface area contributed by atoms with Crippen LogP contribution in [-0.4, -0.2) is 76.7 Å². The molecular formula is C10H23N3O2. The Morgan fingerprint density at radius 2 is 1.93 bits per heavy atom. The Balaban J connectivity index is 3.90. The first-order chi connectivity index (χ1) is 7.01. The average Bonchev–Trinajstić information content (AvgIpc) is 2.21. The number of esters is 1. The lowest BCUT2D eigenvalue weighted by atomic mass is 10.3. The molecule has 0 aliphatic rings. The maximum atomic E-state index is 11.3. The number of nitrogens with one attached hydrogen (secondary N) is 1. The van der Waals surface area contributed by atoms with E-state index < -0.39 is 0 Å². The second kappa shape index (κ2) is 7.62. The van der Waals surface area contributed by atoms with E-state index in [2.05, 4.69) is 15.1 Å². The smallest absolute Gasteiger partial charge is 0.324 e. The zero-order valence-corrected chi connectivity index (χ0v) is 10.4. The second-order valence-corrected chi connectivity index (χ2v) is 3.93. The Morgan fingerprint density at radius 1 is 1.33 bits per heavy atom. The van der Waals surface area contributed by atoms with Crippen molar-refractivity contribution in [2.45, 2.75) is 6.04 Å². The van der Waals surface area contributed by atoms with Crippen molar-refractivity contribution < 1.29 is 9.53 Å². The number of likely N-dealkylation sites (N-methyl/N-ethyl adjacent to an activating group) is 3. The van der Waals surface area contributed by atoms with Gasteiger partial charge in [0.1, 0.15) is 6.04 Å². The number of rotatable bonds is 7. The molecule has 0 radical (unpaired) electrons. The molecule has 0 saturated carbocycles. The van der Waals surface area contributed by atoms with Crippen LogP contribution in [0.3, 0.4) is 0 Å². The minimum atomic E-state index is -0.248. The number of hydrogen-bond donors (Lipinski definition) is 1. The monoisotopic (exact) mass is 217 g/mol. The summed E-state index contributed by atoms with van der Waals surface area (Å²) < 4.78 is 4.69. The van der Waals surface area contributed by atoms with Crippen LogP contribution in [0.1, 0.15) is 0 Å². The van der Waals surface area contributed by atoms with Crippen molar-refractivity contribution in [2.24, 2.45) is 0 Å². The first kappa shape index (κ1) is 14.3. The molecule has 0 heterocycles. The summed E-state index contributed by atoms with van der Waals surface area (Å²) in [5.41, 5.74) is 0. The molecule has 0 rings (SSSR count). The molecule has 0 amide bonds. The minimum absolute atomic E-state index is 0.214. The van der Waals surface area contributed by atoms with E-state index in [4.69, 9.17) is 4.74 Å². The van der Waals surface area contributed by atoms with Crippen LogP contribution >= 0.6 is 0 Å². The topological polar surface area (TPSA) is 44.8 Å². The summed E-state index contributed by atoms with van der Waals surface area (Å²) in [6.45, 7) is 2.58. The van der Waals surface area contributed by atoms with E-state index in [1.165, 1.54) is 7.11 Å². The molecule has 90 valence electrons. The van der Waals surface area contributed by atoms with Gasteiger partial charge in [-0.1, -0.05) is 0 Å². The molecule has 0 aliphatic carbocycles. The summed E-state index contributed by atoms with van der Waals surface area (Å²) in [4.78, 5) is 15.5. The molecule has 0 saturated heterocycles. The maximum absolute atomic E-state index is 11.3.